The Morgan fingerprint density at radius 1 is 1.00 bits per heavy atom. The Balaban J connectivity index is 1.60. The minimum atomic E-state index is -3.47. The number of piperazine rings is 1. The normalized spacial score (nSPS) is 26.2. The summed E-state index contributed by atoms with van der Waals surface area (Å²) in [4.78, 5) is 17.4. The number of sulfonamides is 1. The van der Waals surface area contributed by atoms with E-state index in [1.807, 2.05) is 30.9 Å². The molecule has 0 radical (unpaired) electrons. The summed E-state index contributed by atoms with van der Waals surface area (Å²) in [6.07, 6.45) is 1.17. The van der Waals surface area contributed by atoms with E-state index in [0.29, 0.717) is 42.9 Å². The smallest absolute Gasteiger partial charge is 0.243 e. The van der Waals surface area contributed by atoms with Crippen molar-refractivity contribution in [3.05, 3.63) is 29.8 Å². The van der Waals surface area contributed by atoms with Crippen LogP contribution in [0.15, 0.2) is 29.2 Å². The highest BCUT2D eigenvalue weighted by molar-refractivity contribution is 7.89. The number of rotatable bonds is 4. The number of amides is 1. The average Bonchev–Trinajstić information content (AvgIpc) is 2.66. The molecular weight excluding hydrogens is 374 g/mol. The van der Waals surface area contributed by atoms with Gasteiger partial charge in [0, 0.05) is 39.3 Å². The molecule has 1 amide bonds. The molecule has 7 heteroatoms. The number of likely N-dealkylation sites (tertiary alicyclic amines) is 1. The summed E-state index contributed by atoms with van der Waals surface area (Å²) in [5.41, 5.74) is 1.04. The van der Waals surface area contributed by atoms with Crippen LogP contribution < -0.4 is 0 Å². The molecule has 1 aromatic carbocycles. The predicted molar refractivity (Wildman–Crippen MR) is 110 cm³/mol. The number of piperidine rings is 1. The summed E-state index contributed by atoms with van der Waals surface area (Å²) in [6, 6.07) is 6.78. The molecule has 0 N–H and O–H groups in total. The second-order valence-electron chi connectivity index (χ2n) is 8.62. The van der Waals surface area contributed by atoms with Crippen molar-refractivity contribution < 1.29 is 13.2 Å². The van der Waals surface area contributed by atoms with E-state index in [9.17, 15) is 13.2 Å². The zero-order valence-corrected chi connectivity index (χ0v) is 18.3. The van der Waals surface area contributed by atoms with Crippen LogP contribution >= 0.6 is 0 Å². The molecule has 2 heterocycles. The monoisotopic (exact) mass is 407 g/mol. The first kappa shape index (κ1) is 21.3. The van der Waals surface area contributed by atoms with Gasteiger partial charge in [-0.25, -0.2) is 8.42 Å². The molecular formula is C21H33N3O3S. The van der Waals surface area contributed by atoms with Crippen molar-refractivity contribution in [1.29, 1.82) is 0 Å². The molecule has 2 fully saturated rings. The molecule has 0 spiro atoms. The van der Waals surface area contributed by atoms with E-state index in [0.717, 1.165) is 18.7 Å². The Labute approximate surface area is 169 Å². The molecule has 6 nitrogen and oxygen atoms in total. The van der Waals surface area contributed by atoms with Crippen molar-refractivity contribution >= 4 is 15.9 Å². The average molecular weight is 408 g/mol. The van der Waals surface area contributed by atoms with Gasteiger partial charge < -0.3 is 4.90 Å². The van der Waals surface area contributed by atoms with Gasteiger partial charge in [-0.1, -0.05) is 31.5 Å². The van der Waals surface area contributed by atoms with Crippen LogP contribution in [0.3, 0.4) is 0 Å². The van der Waals surface area contributed by atoms with E-state index >= 15 is 0 Å². The van der Waals surface area contributed by atoms with Crippen molar-refractivity contribution in [2.45, 2.75) is 45.1 Å². The fourth-order valence-corrected chi connectivity index (χ4v) is 5.88. The third-order valence-electron chi connectivity index (χ3n) is 6.02. The number of carbonyl (C=O) groups excluding carboxylic acids is 1. The molecule has 0 saturated carbocycles. The first-order chi connectivity index (χ1) is 13.2. The highest BCUT2D eigenvalue weighted by Crippen LogP contribution is 2.23. The number of hydrogen-bond donors (Lipinski definition) is 0. The fourth-order valence-electron chi connectivity index (χ4n) is 4.45. The fraction of sp³-hybridized carbons (Fsp3) is 0.667. The summed E-state index contributed by atoms with van der Waals surface area (Å²) in [7, 11) is -3.47. The number of nitrogens with zero attached hydrogens (tertiary/aromatic N) is 3. The first-order valence-electron chi connectivity index (χ1n) is 10.3. The predicted octanol–water partition coefficient (Wildman–Crippen LogP) is 2.19. The van der Waals surface area contributed by atoms with Crippen LogP contribution in [-0.4, -0.2) is 73.7 Å². The Morgan fingerprint density at radius 3 is 2.07 bits per heavy atom. The van der Waals surface area contributed by atoms with Crippen molar-refractivity contribution in [2.75, 3.05) is 39.3 Å². The summed E-state index contributed by atoms with van der Waals surface area (Å²) in [5.74, 6) is 1.25. The van der Waals surface area contributed by atoms with Crippen LogP contribution in [0, 0.1) is 18.8 Å². The molecule has 0 unspecified atom stereocenters. The van der Waals surface area contributed by atoms with Gasteiger partial charge in [-0.2, -0.15) is 4.31 Å². The minimum Gasteiger partial charge on any atom is -0.341 e. The zero-order chi connectivity index (χ0) is 20.5. The molecule has 1 aromatic rings. The van der Waals surface area contributed by atoms with E-state index in [2.05, 4.69) is 18.7 Å². The topological polar surface area (TPSA) is 60.9 Å². The largest absolute Gasteiger partial charge is 0.341 e. The number of carbonyl (C=O) groups is 1. The van der Waals surface area contributed by atoms with Gasteiger partial charge in [0.1, 0.15) is 0 Å². The van der Waals surface area contributed by atoms with Gasteiger partial charge in [0.2, 0.25) is 15.9 Å². The molecule has 2 aliphatic rings. The first-order valence-corrected chi connectivity index (χ1v) is 11.7. The number of hydrogen-bond acceptors (Lipinski definition) is 4. The summed E-state index contributed by atoms with van der Waals surface area (Å²) in [6.45, 7) is 12.0. The Kier molecular flexibility index (Phi) is 6.47. The molecule has 3 atom stereocenters. The minimum absolute atomic E-state index is 0.174. The van der Waals surface area contributed by atoms with Gasteiger partial charge in [-0.3, -0.25) is 9.69 Å². The number of benzene rings is 1. The van der Waals surface area contributed by atoms with E-state index in [1.165, 1.54) is 10.7 Å². The maximum atomic E-state index is 13.0. The van der Waals surface area contributed by atoms with Crippen LogP contribution in [0.25, 0.3) is 0 Å². The second-order valence-corrected chi connectivity index (χ2v) is 10.6. The highest BCUT2D eigenvalue weighted by atomic mass is 32.2. The summed E-state index contributed by atoms with van der Waals surface area (Å²) >= 11 is 0. The molecule has 156 valence electrons. The molecule has 0 aliphatic carbocycles. The van der Waals surface area contributed by atoms with Gasteiger partial charge in [0.15, 0.2) is 0 Å². The molecule has 2 saturated heterocycles. The van der Waals surface area contributed by atoms with E-state index < -0.39 is 10.0 Å². The quantitative estimate of drug-likeness (QED) is 0.768. The zero-order valence-electron chi connectivity index (χ0n) is 17.5. The standard InChI is InChI=1S/C21H33N3O3S/c1-16-5-7-20(8-6-16)28(26,27)24-11-9-22(10-12-24)19(4)21(25)23-14-17(2)13-18(3)15-23/h5-8,17-19H,9-15H2,1-4H3/t17-,18-,19-/m0/s1. The van der Waals surface area contributed by atoms with Crippen LogP contribution in [-0.2, 0) is 14.8 Å². The molecule has 3 rings (SSSR count). The third kappa shape index (κ3) is 4.58. The van der Waals surface area contributed by atoms with E-state index in [1.54, 1.807) is 12.1 Å². The van der Waals surface area contributed by atoms with E-state index in [-0.39, 0.29) is 11.9 Å². The van der Waals surface area contributed by atoms with Gasteiger partial charge in [0.25, 0.3) is 0 Å². The summed E-state index contributed by atoms with van der Waals surface area (Å²) in [5, 5.41) is 0. The van der Waals surface area contributed by atoms with Gasteiger partial charge in [0.05, 0.1) is 10.9 Å². The Morgan fingerprint density at radius 2 is 1.54 bits per heavy atom. The van der Waals surface area contributed by atoms with Gasteiger partial charge in [-0.05, 0) is 44.2 Å². The molecule has 28 heavy (non-hydrogen) atoms. The van der Waals surface area contributed by atoms with Gasteiger partial charge >= 0.3 is 0 Å². The second kappa shape index (κ2) is 8.51. The highest BCUT2D eigenvalue weighted by Gasteiger charge is 2.34. The van der Waals surface area contributed by atoms with Crippen LogP contribution in [0.2, 0.25) is 0 Å². The SMILES string of the molecule is Cc1ccc(S(=O)(=O)N2CCN([C@@H](C)C(=O)N3C[C@@H](C)C[C@H](C)C3)CC2)cc1. The maximum absolute atomic E-state index is 13.0. The van der Waals surface area contributed by atoms with E-state index in [4.69, 9.17) is 0 Å². The van der Waals surface area contributed by atoms with Gasteiger partial charge in [-0.15, -0.1) is 0 Å². The Hall–Kier alpha value is -1.44. The molecule has 2 aliphatic heterocycles. The third-order valence-corrected chi connectivity index (χ3v) is 7.93. The molecule has 0 bridgehead atoms. The Bertz CT molecular complexity index is 776. The lowest BCUT2D eigenvalue weighted by molar-refractivity contribution is -0.139. The van der Waals surface area contributed by atoms with Crippen LogP contribution in [0.4, 0.5) is 0 Å². The lowest BCUT2D eigenvalue weighted by Gasteiger charge is -2.41. The van der Waals surface area contributed by atoms with Crippen molar-refractivity contribution in [2.24, 2.45) is 11.8 Å². The van der Waals surface area contributed by atoms with Crippen LogP contribution in [0.5, 0.6) is 0 Å². The number of aryl methyl sites for hydroxylation is 1. The molecule has 0 aromatic heterocycles. The maximum Gasteiger partial charge on any atom is 0.243 e. The van der Waals surface area contributed by atoms with Crippen LogP contribution in [0.1, 0.15) is 32.8 Å². The van der Waals surface area contributed by atoms with Crippen molar-refractivity contribution in [3.8, 4) is 0 Å². The van der Waals surface area contributed by atoms with Crippen molar-refractivity contribution in [3.63, 3.8) is 0 Å². The summed E-state index contributed by atoms with van der Waals surface area (Å²) < 4.78 is 27.3. The lowest BCUT2D eigenvalue weighted by atomic mass is 9.91. The lowest BCUT2D eigenvalue weighted by Crippen LogP contribution is -2.56. The van der Waals surface area contributed by atoms with Crippen molar-refractivity contribution in [1.82, 2.24) is 14.1 Å².